The molecule has 3 N–H and O–H groups in total. The number of aliphatic carboxylic acids is 1. The lowest BCUT2D eigenvalue weighted by molar-refractivity contribution is -0.287. The Bertz CT molecular complexity index is 464. The van der Waals surface area contributed by atoms with Crippen molar-refractivity contribution in [1.29, 1.82) is 0 Å². The Morgan fingerprint density at radius 2 is 2.18 bits per heavy atom. The number of hydrogen-bond donors (Lipinski definition) is 2. The molecular weight excluding hydrogens is 236 g/mol. The van der Waals surface area contributed by atoms with Crippen LogP contribution in [0.1, 0.15) is 18.0 Å². The first-order valence-corrected chi connectivity index (χ1v) is 4.75. The number of nitrogens with two attached hydrogens (primary N) is 1. The predicted octanol–water partition coefficient (Wildman–Crippen LogP) is 1.48. The number of para-hydroxylation sites is 1. The van der Waals surface area contributed by atoms with Crippen molar-refractivity contribution in [3.05, 3.63) is 23.8 Å². The third-order valence-corrected chi connectivity index (χ3v) is 2.25. The number of alkyl halides is 2. The zero-order valence-electron chi connectivity index (χ0n) is 8.52. The van der Waals surface area contributed by atoms with Crippen LogP contribution in [0.2, 0.25) is 0 Å². The van der Waals surface area contributed by atoms with Crippen molar-refractivity contribution in [1.82, 2.24) is 0 Å². The van der Waals surface area contributed by atoms with E-state index in [0.717, 1.165) is 0 Å². The van der Waals surface area contributed by atoms with Gasteiger partial charge in [0.2, 0.25) is 0 Å². The Kier molecular flexibility index (Phi) is 2.62. The van der Waals surface area contributed by atoms with E-state index >= 15 is 0 Å². The lowest BCUT2D eigenvalue weighted by Crippen LogP contribution is -2.26. The van der Waals surface area contributed by atoms with E-state index in [9.17, 15) is 13.6 Å². The van der Waals surface area contributed by atoms with Gasteiger partial charge in [-0.05, 0) is 6.07 Å². The summed E-state index contributed by atoms with van der Waals surface area (Å²) in [4.78, 5) is 10.5. The van der Waals surface area contributed by atoms with Crippen LogP contribution >= 0.6 is 0 Å². The van der Waals surface area contributed by atoms with Crippen molar-refractivity contribution in [2.75, 3.05) is 0 Å². The van der Waals surface area contributed by atoms with Crippen LogP contribution in [0, 0.1) is 0 Å². The third-order valence-electron chi connectivity index (χ3n) is 2.25. The topological polar surface area (TPSA) is 81.8 Å². The predicted molar refractivity (Wildman–Crippen MR) is 51.8 cm³/mol. The molecule has 0 fully saturated rings. The highest BCUT2D eigenvalue weighted by atomic mass is 19.3. The van der Waals surface area contributed by atoms with Gasteiger partial charge in [0, 0.05) is 11.6 Å². The number of rotatable bonds is 3. The molecule has 0 radical (unpaired) electrons. The standard InChI is InChI=1S/C10H9F2NO4/c11-10(12)16-7-3-1-2-5(9(7)17-10)6(13)4-8(14)15/h1-3,6H,4,13H2,(H,14,15). The number of carbonyl (C=O) groups is 1. The van der Waals surface area contributed by atoms with Gasteiger partial charge in [-0.1, -0.05) is 12.1 Å². The maximum absolute atomic E-state index is 12.8. The van der Waals surface area contributed by atoms with Gasteiger partial charge in [-0.25, -0.2) is 0 Å². The largest absolute Gasteiger partial charge is 0.586 e. The average molecular weight is 245 g/mol. The molecule has 0 saturated heterocycles. The summed E-state index contributed by atoms with van der Waals surface area (Å²) in [7, 11) is 0. The molecule has 0 bridgehead atoms. The third kappa shape index (κ3) is 2.28. The monoisotopic (exact) mass is 245 g/mol. The summed E-state index contributed by atoms with van der Waals surface area (Å²) in [5.74, 6) is -1.47. The fraction of sp³-hybridized carbons (Fsp3) is 0.300. The number of carboxylic acids is 1. The number of fused-ring (bicyclic) bond motifs is 1. The molecule has 1 aliphatic rings. The minimum absolute atomic E-state index is 0.145. The molecule has 0 amide bonds. The molecule has 17 heavy (non-hydrogen) atoms. The van der Waals surface area contributed by atoms with E-state index in [1.54, 1.807) is 0 Å². The second-order valence-corrected chi connectivity index (χ2v) is 3.55. The number of hydrogen-bond acceptors (Lipinski definition) is 4. The summed E-state index contributed by atoms with van der Waals surface area (Å²) in [6.07, 6.45) is -4.12. The van der Waals surface area contributed by atoms with Gasteiger partial charge in [-0.2, -0.15) is 0 Å². The van der Waals surface area contributed by atoms with Crippen molar-refractivity contribution in [2.45, 2.75) is 18.8 Å². The Balaban J connectivity index is 2.32. The Morgan fingerprint density at radius 3 is 2.82 bits per heavy atom. The summed E-state index contributed by atoms with van der Waals surface area (Å²) in [5, 5.41) is 8.60. The zero-order valence-corrected chi connectivity index (χ0v) is 8.52. The maximum Gasteiger partial charge on any atom is 0.586 e. The van der Waals surface area contributed by atoms with Crippen LogP contribution < -0.4 is 15.2 Å². The first-order valence-electron chi connectivity index (χ1n) is 4.75. The first kappa shape index (κ1) is 11.6. The van der Waals surface area contributed by atoms with E-state index in [1.807, 2.05) is 0 Å². The molecule has 1 unspecified atom stereocenters. The molecule has 7 heteroatoms. The van der Waals surface area contributed by atoms with Crippen LogP contribution in [-0.2, 0) is 4.79 Å². The van der Waals surface area contributed by atoms with Crippen LogP contribution in [0.25, 0.3) is 0 Å². The van der Waals surface area contributed by atoms with E-state index in [2.05, 4.69) is 9.47 Å². The molecule has 1 heterocycles. The smallest absolute Gasteiger partial charge is 0.481 e. The van der Waals surface area contributed by atoms with Crippen molar-refractivity contribution in [2.24, 2.45) is 5.73 Å². The van der Waals surface area contributed by atoms with Gasteiger partial charge in [0.05, 0.1) is 6.42 Å². The zero-order chi connectivity index (χ0) is 12.6. The number of ether oxygens (including phenoxy) is 2. The van der Waals surface area contributed by atoms with Crippen LogP contribution in [0.3, 0.4) is 0 Å². The lowest BCUT2D eigenvalue weighted by Gasteiger charge is -2.12. The van der Waals surface area contributed by atoms with Gasteiger partial charge >= 0.3 is 12.3 Å². The van der Waals surface area contributed by atoms with Crippen molar-refractivity contribution < 1.29 is 28.2 Å². The Morgan fingerprint density at radius 1 is 1.47 bits per heavy atom. The lowest BCUT2D eigenvalue weighted by atomic mass is 10.0. The van der Waals surface area contributed by atoms with E-state index in [4.69, 9.17) is 10.8 Å². The highest BCUT2D eigenvalue weighted by Crippen LogP contribution is 2.45. The minimum Gasteiger partial charge on any atom is -0.481 e. The summed E-state index contributed by atoms with van der Waals surface area (Å²) in [6.45, 7) is 0. The Labute approximate surface area is 94.7 Å². The molecule has 1 aliphatic heterocycles. The molecule has 0 aromatic heterocycles. The molecule has 5 nitrogen and oxygen atoms in total. The number of benzene rings is 1. The fourth-order valence-electron chi connectivity index (χ4n) is 1.58. The number of carboxylic acid groups (broad SMARTS) is 1. The van der Waals surface area contributed by atoms with Crippen molar-refractivity contribution >= 4 is 5.97 Å². The Hall–Kier alpha value is -1.89. The van der Waals surface area contributed by atoms with Crippen LogP contribution in [-0.4, -0.2) is 17.4 Å². The first-order chi connectivity index (χ1) is 7.89. The van der Waals surface area contributed by atoms with Crippen molar-refractivity contribution in [3.63, 3.8) is 0 Å². The highest BCUT2D eigenvalue weighted by Gasteiger charge is 2.44. The van der Waals surface area contributed by atoms with E-state index < -0.39 is 18.3 Å². The summed E-state index contributed by atoms with van der Waals surface area (Å²) in [6, 6.07) is 3.24. The minimum atomic E-state index is -3.73. The van der Waals surface area contributed by atoms with E-state index in [-0.39, 0.29) is 23.5 Å². The molecule has 1 aromatic rings. The van der Waals surface area contributed by atoms with Gasteiger partial charge in [0.15, 0.2) is 11.5 Å². The highest BCUT2D eigenvalue weighted by molar-refractivity contribution is 5.68. The molecule has 1 atom stereocenters. The van der Waals surface area contributed by atoms with Gasteiger partial charge in [-0.15, -0.1) is 8.78 Å². The van der Waals surface area contributed by atoms with Gasteiger partial charge in [-0.3, -0.25) is 4.79 Å². The molecular formula is C10H9F2NO4. The molecule has 1 aromatic carbocycles. The summed E-state index contributed by atoms with van der Waals surface area (Å²) < 4.78 is 34.2. The van der Waals surface area contributed by atoms with E-state index in [0.29, 0.717) is 0 Å². The molecule has 2 rings (SSSR count). The normalized spacial score (nSPS) is 17.8. The fourth-order valence-corrected chi connectivity index (χ4v) is 1.58. The van der Waals surface area contributed by atoms with Crippen LogP contribution in [0.4, 0.5) is 8.78 Å². The van der Waals surface area contributed by atoms with Gasteiger partial charge in [0.1, 0.15) is 0 Å². The summed E-state index contributed by atoms with van der Waals surface area (Å²) >= 11 is 0. The maximum atomic E-state index is 12.8. The molecule has 0 saturated carbocycles. The average Bonchev–Trinajstić information content (AvgIpc) is 2.49. The van der Waals surface area contributed by atoms with Gasteiger partial charge < -0.3 is 20.3 Å². The van der Waals surface area contributed by atoms with Crippen molar-refractivity contribution in [3.8, 4) is 11.5 Å². The molecule has 92 valence electrons. The van der Waals surface area contributed by atoms with E-state index in [1.165, 1.54) is 18.2 Å². The second kappa shape index (κ2) is 3.85. The SMILES string of the molecule is NC(CC(=O)O)c1cccc2c1OC(F)(F)O2. The van der Waals surface area contributed by atoms with Crippen LogP contribution in [0.5, 0.6) is 11.5 Å². The van der Waals surface area contributed by atoms with Gasteiger partial charge in [0.25, 0.3) is 0 Å². The summed E-state index contributed by atoms with van der Waals surface area (Å²) in [5.41, 5.74) is 5.78. The second-order valence-electron chi connectivity index (χ2n) is 3.55. The number of halogens is 2. The molecule has 0 spiro atoms. The molecule has 0 aliphatic carbocycles. The quantitative estimate of drug-likeness (QED) is 0.842. The van der Waals surface area contributed by atoms with Crippen LogP contribution in [0.15, 0.2) is 18.2 Å².